The van der Waals surface area contributed by atoms with Gasteiger partial charge in [-0.2, -0.15) is 0 Å². The van der Waals surface area contributed by atoms with Gasteiger partial charge in [-0.25, -0.2) is 0 Å². The van der Waals surface area contributed by atoms with Crippen molar-refractivity contribution >= 4 is 0 Å². The van der Waals surface area contributed by atoms with Crippen LogP contribution in [0.2, 0.25) is 0 Å². The molecule has 15 heavy (non-hydrogen) atoms. The molecule has 0 radical (unpaired) electrons. The van der Waals surface area contributed by atoms with Crippen LogP contribution in [0.15, 0.2) is 11.6 Å². The van der Waals surface area contributed by atoms with Gasteiger partial charge in [0.15, 0.2) is 0 Å². The molecular formula is C13H24N2. The van der Waals surface area contributed by atoms with Crippen LogP contribution in [0.1, 0.15) is 39.0 Å². The van der Waals surface area contributed by atoms with Crippen LogP contribution in [-0.2, 0) is 0 Å². The largest absolute Gasteiger partial charge is 0.310 e. The van der Waals surface area contributed by atoms with Crippen LogP contribution in [0.25, 0.3) is 0 Å². The summed E-state index contributed by atoms with van der Waals surface area (Å²) in [7, 11) is 0. The summed E-state index contributed by atoms with van der Waals surface area (Å²) < 4.78 is 0. The van der Waals surface area contributed by atoms with Gasteiger partial charge >= 0.3 is 0 Å². The maximum absolute atomic E-state index is 3.70. The molecule has 2 nitrogen and oxygen atoms in total. The fourth-order valence-corrected chi connectivity index (χ4v) is 2.61. The Kier molecular flexibility index (Phi) is 4.21. The average molecular weight is 208 g/mol. The van der Waals surface area contributed by atoms with E-state index in [0.29, 0.717) is 0 Å². The van der Waals surface area contributed by atoms with Crippen LogP contribution in [0.3, 0.4) is 0 Å². The Balaban J connectivity index is 1.68. The molecule has 1 fully saturated rings. The van der Waals surface area contributed by atoms with Gasteiger partial charge in [-0.05, 0) is 25.8 Å². The second kappa shape index (κ2) is 5.66. The Hall–Kier alpha value is -0.340. The Morgan fingerprint density at radius 1 is 1.40 bits per heavy atom. The van der Waals surface area contributed by atoms with Gasteiger partial charge in [0.1, 0.15) is 0 Å². The highest BCUT2D eigenvalue weighted by Crippen LogP contribution is 2.18. The van der Waals surface area contributed by atoms with Crippen LogP contribution >= 0.6 is 0 Å². The molecule has 1 aliphatic carbocycles. The van der Waals surface area contributed by atoms with E-state index in [9.17, 15) is 0 Å². The van der Waals surface area contributed by atoms with Gasteiger partial charge in [0.05, 0.1) is 0 Å². The fraction of sp³-hybridized carbons (Fsp3) is 0.846. The Labute approximate surface area is 93.7 Å². The van der Waals surface area contributed by atoms with Gasteiger partial charge in [-0.1, -0.05) is 31.4 Å². The molecule has 0 unspecified atom stereocenters. The van der Waals surface area contributed by atoms with Gasteiger partial charge in [-0.3, -0.25) is 4.90 Å². The van der Waals surface area contributed by atoms with Crippen molar-refractivity contribution in [2.75, 3.05) is 26.2 Å². The number of likely N-dealkylation sites (N-methyl/N-ethyl adjacent to an activating group) is 1. The lowest BCUT2D eigenvalue weighted by Crippen LogP contribution is -2.33. The van der Waals surface area contributed by atoms with Crippen LogP contribution in [-0.4, -0.2) is 37.1 Å². The maximum atomic E-state index is 3.70. The quantitative estimate of drug-likeness (QED) is 0.712. The van der Waals surface area contributed by atoms with E-state index >= 15 is 0 Å². The van der Waals surface area contributed by atoms with E-state index in [4.69, 9.17) is 0 Å². The molecule has 0 aromatic rings. The monoisotopic (exact) mass is 208 g/mol. The number of hydrogen-bond acceptors (Lipinski definition) is 2. The predicted molar refractivity (Wildman–Crippen MR) is 65.1 cm³/mol. The fourth-order valence-electron chi connectivity index (χ4n) is 2.61. The third-order valence-electron chi connectivity index (χ3n) is 3.81. The van der Waals surface area contributed by atoms with Crippen LogP contribution in [0, 0.1) is 0 Å². The lowest BCUT2D eigenvalue weighted by Gasteiger charge is -2.25. The van der Waals surface area contributed by atoms with E-state index in [1.54, 1.807) is 5.57 Å². The van der Waals surface area contributed by atoms with Crippen molar-refractivity contribution in [3.8, 4) is 0 Å². The third kappa shape index (κ3) is 3.32. The minimum Gasteiger partial charge on any atom is -0.310 e. The molecule has 2 aliphatic rings. The zero-order chi connectivity index (χ0) is 10.5. The van der Waals surface area contributed by atoms with Crippen molar-refractivity contribution < 1.29 is 0 Å². The molecule has 2 rings (SSSR count). The maximum Gasteiger partial charge on any atom is 0.0168 e. The molecule has 86 valence electrons. The molecule has 0 aromatic heterocycles. The van der Waals surface area contributed by atoms with Crippen molar-refractivity contribution in [1.82, 2.24) is 10.2 Å². The zero-order valence-corrected chi connectivity index (χ0v) is 9.97. The normalized spacial score (nSPS) is 24.5. The van der Waals surface area contributed by atoms with Crippen molar-refractivity contribution in [1.29, 1.82) is 0 Å². The van der Waals surface area contributed by atoms with E-state index in [-0.39, 0.29) is 0 Å². The summed E-state index contributed by atoms with van der Waals surface area (Å²) in [6, 6.07) is 0.815. The molecule has 0 amide bonds. The molecule has 1 heterocycles. The SMILES string of the molecule is CCN1CC=C(CNC2CCCC2)CC1. The Bertz CT molecular complexity index is 217. The highest BCUT2D eigenvalue weighted by Gasteiger charge is 2.15. The van der Waals surface area contributed by atoms with Gasteiger partial charge in [0.2, 0.25) is 0 Å². The van der Waals surface area contributed by atoms with Crippen molar-refractivity contribution in [3.63, 3.8) is 0 Å². The van der Waals surface area contributed by atoms with Gasteiger partial charge in [0.25, 0.3) is 0 Å². The van der Waals surface area contributed by atoms with Crippen molar-refractivity contribution in [2.45, 2.75) is 45.1 Å². The molecule has 0 saturated heterocycles. The molecule has 2 heteroatoms. The second-order valence-electron chi connectivity index (χ2n) is 4.87. The zero-order valence-electron chi connectivity index (χ0n) is 9.97. The third-order valence-corrected chi connectivity index (χ3v) is 3.81. The second-order valence-corrected chi connectivity index (χ2v) is 4.87. The van der Waals surface area contributed by atoms with Gasteiger partial charge < -0.3 is 5.32 Å². The number of nitrogens with zero attached hydrogens (tertiary/aromatic N) is 1. The average Bonchev–Trinajstić information content (AvgIpc) is 2.80. The number of hydrogen-bond donors (Lipinski definition) is 1. The van der Waals surface area contributed by atoms with Gasteiger partial charge in [-0.15, -0.1) is 0 Å². The lowest BCUT2D eigenvalue weighted by molar-refractivity contribution is 0.307. The minimum atomic E-state index is 0.815. The highest BCUT2D eigenvalue weighted by molar-refractivity contribution is 5.09. The lowest BCUT2D eigenvalue weighted by atomic mass is 10.1. The summed E-state index contributed by atoms with van der Waals surface area (Å²) in [4.78, 5) is 2.50. The number of nitrogens with one attached hydrogen (secondary N) is 1. The van der Waals surface area contributed by atoms with E-state index < -0.39 is 0 Å². The number of rotatable bonds is 4. The van der Waals surface area contributed by atoms with Crippen LogP contribution < -0.4 is 5.32 Å². The Morgan fingerprint density at radius 3 is 2.80 bits per heavy atom. The molecule has 1 saturated carbocycles. The van der Waals surface area contributed by atoms with E-state index in [2.05, 4.69) is 23.2 Å². The smallest absolute Gasteiger partial charge is 0.0168 e. The summed E-state index contributed by atoms with van der Waals surface area (Å²) in [6.07, 6.45) is 9.35. The van der Waals surface area contributed by atoms with Crippen LogP contribution in [0.5, 0.6) is 0 Å². The van der Waals surface area contributed by atoms with E-state index in [1.807, 2.05) is 0 Å². The summed E-state index contributed by atoms with van der Waals surface area (Å²) in [5, 5.41) is 3.70. The summed E-state index contributed by atoms with van der Waals surface area (Å²) >= 11 is 0. The van der Waals surface area contributed by atoms with E-state index in [1.165, 1.54) is 45.2 Å². The standard InChI is InChI=1S/C13H24N2/c1-2-15-9-7-12(8-10-15)11-14-13-5-3-4-6-13/h7,13-14H,2-6,8-11H2,1H3. The molecule has 1 N–H and O–H groups in total. The molecule has 0 aromatic carbocycles. The first-order valence-electron chi connectivity index (χ1n) is 6.52. The van der Waals surface area contributed by atoms with Crippen molar-refractivity contribution in [3.05, 3.63) is 11.6 Å². The summed E-state index contributed by atoms with van der Waals surface area (Å²) in [5.41, 5.74) is 1.63. The highest BCUT2D eigenvalue weighted by atomic mass is 15.1. The molecule has 0 spiro atoms. The molecule has 1 aliphatic heterocycles. The minimum absolute atomic E-state index is 0.815. The summed E-state index contributed by atoms with van der Waals surface area (Å²) in [6.45, 7) is 7.00. The predicted octanol–water partition coefficient (Wildman–Crippen LogP) is 2.17. The van der Waals surface area contributed by atoms with Crippen LogP contribution in [0.4, 0.5) is 0 Å². The van der Waals surface area contributed by atoms with Crippen molar-refractivity contribution in [2.24, 2.45) is 0 Å². The first-order valence-corrected chi connectivity index (χ1v) is 6.52. The first-order chi connectivity index (χ1) is 7.38. The molecular weight excluding hydrogens is 184 g/mol. The molecule has 0 bridgehead atoms. The van der Waals surface area contributed by atoms with E-state index in [0.717, 1.165) is 19.1 Å². The Morgan fingerprint density at radius 2 is 2.20 bits per heavy atom. The topological polar surface area (TPSA) is 15.3 Å². The summed E-state index contributed by atoms with van der Waals surface area (Å²) in [5.74, 6) is 0. The first kappa shape index (κ1) is 11.2. The van der Waals surface area contributed by atoms with Gasteiger partial charge in [0, 0.05) is 25.7 Å². The molecule has 0 atom stereocenters.